The zero-order valence-corrected chi connectivity index (χ0v) is 21.0. The zero-order chi connectivity index (χ0) is 26.6. The summed E-state index contributed by atoms with van der Waals surface area (Å²) in [5.74, 6) is 0.855. The molecule has 2 aliphatic heterocycles. The van der Waals surface area contributed by atoms with Gasteiger partial charge in [-0.2, -0.15) is 0 Å². The second-order valence-corrected chi connectivity index (χ2v) is 9.41. The van der Waals surface area contributed by atoms with Gasteiger partial charge < -0.3 is 34.6 Å². The summed E-state index contributed by atoms with van der Waals surface area (Å²) in [6.07, 6.45) is 8.62. The Balaban J connectivity index is 1.22. The summed E-state index contributed by atoms with van der Waals surface area (Å²) in [7, 11) is 1.54. The Morgan fingerprint density at radius 2 is 1.87 bits per heavy atom. The molecule has 0 bridgehead atoms. The van der Waals surface area contributed by atoms with Crippen molar-refractivity contribution >= 4 is 23.9 Å². The van der Waals surface area contributed by atoms with E-state index >= 15 is 0 Å². The van der Waals surface area contributed by atoms with Crippen LogP contribution >= 0.6 is 0 Å². The van der Waals surface area contributed by atoms with Gasteiger partial charge in [0.2, 0.25) is 6.29 Å². The molecule has 0 radical (unpaired) electrons. The number of hydrogen-bond acceptors (Lipinski definition) is 8. The Morgan fingerprint density at radius 3 is 2.68 bits per heavy atom. The molecule has 198 valence electrons. The van der Waals surface area contributed by atoms with Gasteiger partial charge in [-0.05, 0) is 59.0 Å². The first-order valence-corrected chi connectivity index (χ1v) is 12.5. The van der Waals surface area contributed by atoms with E-state index in [1.54, 1.807) is 18.2 Å². The first kappa shape index (κ1) is 26.1. The van der Waals surface area contributed by atoms with E-state index in [4.69, 9.17) is 14.2 Å². The summed E-state index contributed by atoms with van der Waals surface area (Å²) in [6.45, 7) is 0.0884. The lowest BCUT2D eigenvalue weighted by molar-refractivity contribution is -0.277. The summed E-state index contributed by atoms with van der Waals surface area (Å²) >= 11 is 0. The molecular formula is C30H31NO7. The van der Waals surface area contributed by atoms with Crippen LogP contribution in [-0.4, -0.2) is 77.1 Å². The van der Waals surface area contributed by atoms with E-state index < -0.39 is 37.3 Å². The molecule has 0 aromatic heterocycles. The number of allylic oxidation sites excluding steroid dienone is 3. The highest BCUT2D eigenvalue weighted by Crippen LogP contribution is 2.30. The SMILES string of the molecule is COc1cc(O[C@@H]2O[C@H](CO)[C@@H](O)[C@H](O)[C@H]2O)ccc1/C=C/C1=NCC(/C=C/c2ccc3c(c2)CC=C3)=C1. The Bertz CT molecular complexity index is 1320. The molecular weight excluding hydrogens is 486 g/mol. The van der Waals surface area contributed by atoms with Crippen LogP contribution in [0.15, 0.2) is 71.3 Å². The highest BCUT2D eigenvalue weighted by molar-refractivity contribution is 6.08. The average Bonchev–Trinajstić information content (AvgIpc) is 3.60. The Hall–Kier alpha value is -3.53. The van der Waals surface area contributed by atoms with Crippen molar-refractivity contribution < 1.29 is 34.6 Å². The maximum absolute atomic E-state index is 10.2. The summed E-state index contributed by atoms with van der Waals surface area (Å²) in [5, 5.41) is 39.5. The van der Waals surface area contributed by atoms with Crippen molar-refractivity contribution in [2.24, 2.45) is 4.99 Å². The number of methoxy groups -OCH3 is 1. The van der Waals surface area contributed by atoms with E-state index in [9.17, 15) is 20.4 Å². The molecule has 4 N–H and O–H groups in total. The van der Waals surface area contributed by atoms with Gasteiger partial charge in [-0.25, -0.2) is 0 Å². The maximum atomic E-state index is 10.2. The van der Waals surface area contributed by atoms with Crippen LogP contribution in [0.2, 0.25) is 0 Å². The number of benzene rings is 2. The second kappa shape index (κ2) is 11.5. The molecule has 8 heteroatoms. The fourth-order valence-electron chi connectivity index (χ4n) is 4.63. The van der Waals surface area contributed by atoms with Crippen molar-refractivity contribution in [2.45, 2.75) is 37.1 Å². The quantitative estimate of drug-likeness (QED) is 0.425. The van der Waals surface area contributed by atoms with Crippen LogP contribution in [0.25, 0.3) is 18.2 Å². The third-order valence-electron chi connectivity index (χ3n) is 6.81. The molecule has 1 aliphatic carbocycles. The normalized spacial score (nSPS) is 26.6. The van der Waals surface area contributed by atoms with Crippen LogP contribution in [-0.2, 0) is 11.2 Å². The van der Waals surface area contributed by atoms with Crippen molar-refractivity contribution in [3.05, 3.63) is 88.5 Å². The largest absolute Gasteiger partial charge is 0.496 e. The number of aliphatic hydroxyl groups is 4. The molecule has 1 fully saturated rings. The molecule has 1 saturated heterocycles. The number of fused-ring (bicyclic) bond motifs is 1. The van der Waals surface area contributed by atoms with Gasteiger partial charge >= 0.3 is 0 Å². The van der Waals surface area contributed by atoms with Gasteiger partial charge in [0, 0.05) is 11.6 Å². The highest BCUT2D eigenvalue weighted by atomic mass is 16.7. The number of hydrogen-bond donors (Lipinski definition) is 4. The minimum Gasteiger partial charge on any atom is -0.496 e. The molecule has 38 heavy (non-hydrogen) atoms. The number of nitrogens with zero attached hydrogens (tertiary/aromatic N) is 1. The minimum atomic E-state index is -1.51. The zero-order valence-electron chi connectivity index (χ0n) is 21.0. The van der Waals surface area contributed by atoms with Gasteiger partial charge in [0.05, 0.1) is 26.0 Å². The standard InChI is InChI=1S/C30H31NO7/c1-36-25-15-24(37-30-29(35)28(34)27(33)26(17-32)38-30)12-10-21(25)9-11-23-14-19(16-31-23)6-5-18-7-8-20-3-2-4-22(20)13-18/h2-3,5-15,26-30,32-35H,4,16-17H2,1H3/b6-5+,11-9+/t26-,27-,28+,29-,30-/m1/s1. The van der Waals surface area contributed by atoms with Gasteiger partial charge in [-0.3, -0.25) is 4.99 Å². The summed E-state index contributed by atoms with van der Waals surface area (Å²) in [6, 6.07) is 11.6. The van der Waals surface area contributed by atoms with Crippen molar-refractivity contribution in [2.75, 3.05) is 20.3 Å². The summed E-state index contributed by atoms with van der Waals surface area (Å²) in [4.78, 5) is 4.59. The van der Waals surface area contributed by atoms with Gasteiger partial charge in [-0.15, -0.1) is 0 Å². The second-order valence-electron chi connectivity index (χ2n) is 9.41. The van der Waals surface area contributed by atoms with Crippen LogP contribution < -0.4 is 9.47 Å². The topological polar surface area (TPSA) is 121 Å². The maximum Gasteiger partial charge on any atom is 0.229 e. The van der Waals surface area contributed by atoms with Crippen molar-refractivity contribution in [1.29, 1.82) is 0 Å². The van der Waals surface area contributed by atoms with Crippen LogP contribution in [0, 0.1) is 0 Å². The Kier molecular flexibility index (Phi) is 7.87. The minimum absolute atomic E-state index is 0.330. The monoisotopic (exact) mass is 517 g/mol. The fraction of sp³-hybridized carbons (Fsp3) is 0.300. The van der Waals surface area contributed by atoms with Crippen LogP contribution in [0.5, 0.6) is 11.5 Å². The van der Waals surface area contributed by atoms with Gasteiger partial charge in [0.1, 0.15) is 35.9 Å². The molecule has 5 atom stereocenters. The first-order valence-electron chi connectivity index (χ1n) is 12.5. The third kappa shape index (κ3) is 5.65. The van der Waals surface area contributed by atoms with E-state index in [0.29, 0.717) is 18.0 Å². The van der Waals surface area contributed by atoms with E-state index in [-0.39, 0.29) is 0 Å². The van der Waals surface area contributed by atoms with E-state index in [0.717, 1.165) is 23.3 Å². The lowest BCUT2D eigenvalue weighted by Gasteiger charge is -2.39. The molecule has 0 amide bonds. The molecule has 2 aromatic rings. The molecule has 2 heterocycles. The highest BCUT2D eigenvalue weighted by Gasteiger charge is 2.44. The number of aliphatic imine (C=N–C) groups is 1. The van der Waals surface area contributed by atoms with E-state index in [2.05, 4.69) is 47.5 Å². The molecule has 5 rings (SSSR count). The predicted octanol–water partition coefficient (Wildman–Crippen LogP) is 2.55. The summed E-state index contributed by atoms with van der Waals surface area (Å²) < 4.78 is 16.6. The van der Waals surface area contributed by atoms with E-state index in [1.165, 1.54) is 23.8 Å². The lowest BCUT2D eigenvalue weighted by Crippen LogP contribution is -2.60. The van der Waals surface area contributed by atoms with Crippen molar-refractivity contribution in [3.8, 4) is 11.5 Å². The van der Waals surface area contributed by atoms with Crippen molar-refractivity contribution in [1.82, 2.24) is 0 Å². The van der Waals surface area contributed by atoms with E-state index in [1.807, 2.05) is 18.2 Å². The molecule has 0 unspecified atom stereocenters. The molecule has 0 spiro atoms. The van der Waals surface area contributed by atoms with Gasteiger partial charge in [0.25, 0.3) is 0 Å². The van der Waals surface area contributed by atoms with Crippen LogP contribution in [0.4, 0.5) is 0 Å². The fourth-order valence-corrected chi connectivity index (χ4v) is 4.63. The average molecular weight is 518 g/mol. The summed E-state index contributed by atoms with van der Waals surface area (Å²) in [5.41, 5.74) is 6.59. The third-order valence-corrected chi connectivity index (χ3v) is 6.81. The number of ether oxygens (including phenoxy) is 3. The van der Waals surface area contributed by atoms with Gasteiger partial charge in [0.15, 0.2) is 0 Å². The Morgan fingerprint density at radius 1 is 1.00 bits per heavy atom. The first-order chi connectivity index (χ1) is 18.4. The van der Waals surface area contributed by atoms with Gasteiger partial charge in [-0.1, -0.05) is 42.5 Å². The van der Waals surface area contributed by atoms with Crippen LogP contribution in [0.1, 0.15) is 22.3 Å². The lowest BCUT2D eigenvalue weighted by atomic mass is 9.99. The Labute approximate surface area is 221 Å². The number of rotatable bonds is 8. The molecule has 8 nitrogen and oxygen atoms in total. The predicted molar refractivity (Wildman–Crippen MR) is 145 cm³/mol. The molecule has 0 saturated carbocycles. The van der Waals surface area contributed by atoms with Crippen molar-refractivity contribution in [3.63, 3.8) is 0 Å². The van der Waals surface area contributed by atoms with Crippen LogP contribution in [0.3, 0.4) is 0 Å². The molecule has 2 aromatic carbocycles. The molecule has 3 aliphatic rings. The smallest absolute Gasteiger partial charge is 0.229 e. The number of aliphatic hydroxyl groups excluding tert-OH is 4.